The molecule has 302 valence electrons. The lowest BCUT2D eigenvalue weighted by molar-refractivity contribution is -0.0275. The second-order valence-electron chi connectivity index (χ2n) is 12.0. The number of rotatable bonds is 47. The molecule has 0 fully saturated rings. The minimum Gasteiger partial charge on any atom is -0.379 e. The van der Waals surface area contributed by atoms with E-state index in [2.05, 4.69) is 6.92 Å². The van der Waals surface area contributed by atoms with Crippen molar-refractivity contribution >= 4 is 11.6 Å². The van der Waals surface area contributed by atoms with E-state index in [-0.39, 0.29) is 0 Å². The highest BCUT2D eigenvalue weighted by Gasteiger charge is 1.98. The Morgan fingerprint density at radius 1 is 0.220 bits per heavy atom. The summed E-state index contributed by atoms with van der Waals surface area (Å²) in [7, 11) is 0. The Kier molecular flexibility index (Phi) is 48.7. The van der Waals surface area contributed by atoms with Gasteiger partial charge in [0.1, 0.15) is 0 Å². The number of ether oxygens (including phenoxy) is 11. The van der Waals surface area contributed by atoms with Crippen molar-refractivity contribution in [3.63, 3.8) is 0 Å². The average Bonchev–Trinajstić information content (AvgIpc) is 3.13. The second-order valence-corrected chi connectivity index (χ2v) is 12.4. The standard InChI is InChI=1S/C38H77ClO11/c1-2-3-4-5-6-7-8-9-11-14-17-40-19-21-42-23-25-44-27-29-46-31-33-48-35-37-50-38-36-49-34-32-47-30-28-45-26-24-43-22-20-41-18-15-12-10-13-16-39/h2-38H2,1H3. The van der Waals surface area contributed by atoms with E-state index >= 15 is 0 Å². The lowest BCUT2D eigenvalue weighted by Gasteiger charge is -2.09. The van der Waals surface area contributed by atoms with Gasteiger partial charge in [-0.3, -0.25) is 0 Å². The van der Waals surface area contributed by atoms with Gasteiger partial charge in [-0.05, 0) is 19.3 Å². The van der Waals surface area contributed by atoms with Gasteiger partial charge in [0, 0.05) is 19.1 Å². The molecule has 0 saturated carbocycles. The molecule has 11 nitrogen and oxygen atoms in total. The van der Waals surface area contributed by atoms with E-state index in [1.165, 1.54) is 70.6 Å². The zero-order valence-corrected chi connectivity index (χ0v) is 32.8. The van der Waals surface area contributed by atoms with Crippen molar-refractivity contribution in [3.05, 3.63) is 0 Å². The summed E-state index contributed by atoms with van der Waals surface area (Å²) in [4.78, 5) is 0. The molecule has 0 aromatic carbocycles. The van der Waals surface area contributed by atoms with Gasteiger partial charge in [0.05, 0.1) is 132 Å². The van der Waals surface area contributed by atoms with E-state index in [1.807, 2.05) is 0 Å². The molecule has 0 radical (unpaired) electrons. The van der Waals surface area contributed by atoms with Crippen LogP contribution in [0.25, 0.3) is 0 Å². The fourth-order valence-corrected chi connectivity index (χ4v) is 4.83. The first-order chi connectivity index (χ1) is 24.9. The van der Waals surface area contributed by atoms with Gasteiger partial charge >= 0.3 is 0 Å². The molecule has 50 heavy (non-hydrogen) atoms. The van der Waals surface area contributed by atoms with E-state index in [0.717, 1.165) is 38.4 Å². The van der Waals surface area contributed by atoms with Gasteiger partial charge in [-0.2, -0.15) is 0 Å². The Morgan fingerprint density at radius 2 is 0.400 bits per heavy atom. The third-order valence-electron chi connectivity index (χ3n) is 7.53. The topological polar surface area (TPSA) is 102 Å². The van der Waals surface area contributed by atoms with Crippen molar-refractivity contribution in [3.8, 4) is 0 Å². The van der Waals surface area contributed by atoms with Crippen molar-refractivity contribution in [2.45, 2.75) is 96.8 Å². The number of alkyl halides is 1. The molecule has 0 aliphatic rings. The minimum atomic E-state index is 0.524. The highest BCUT2D eigenvalue weighted by Crippen LogP contribution is 2.10. The van der Waals surface area contributed by atoms with Crippen molar-refractivity contribution in [1.29, 1.82) is 0 Å². The van der Waals surface area contributed by atoms with Gasteiger partial charge in [-0.1, -0.05) is 77.6 Å². The molecular weight excluding hydrogens is 668 g/mol. The van der Waals surface area contributed by atoms with Crippen molar-refractivity contribution < 1.29 is 52.1 Å². The van der Waals surface area contributed by atoms with E-state index in [1.54, 1.807) is 0 Å². The van der Waals surface area contributed by atoms with Gasteiger partial charge in [0.2, 0.25) is 0 Å². The maximum atomic E-state index is 5.66. The maximum Gasteiger partial charge on any atom is 0.0701 e. The van der Waals surface area contributed by atoms with Crippen LogP contribution < -0.4 is 0 Å². The summed E-state index contributed by atoms with van der Waals surface area (Å²) in [5.74, 6) is 0.746. The Morgan fingerprint density at radius 3 is 0.620 bits per heavy atom. The van der Waals surface area contributed by atoms with Crippen LogP contribution in [-0.2, 0) is 52.1 Å². The summed E-state index contributed by atoms with van der Waals surface area (Å²) < 4.78 is 60.8. The highest BCUT2D eigenvalue weighted by atomic mass is 35.5. The molecule has 0 heterocycles. The number of halogens is 1. The van der Waals surface area contributed by atoms with Crippen molar-refractivity contribution in [2.24, 2.45) is 0 Å². The fraction of sp³-hybridized carbons (Fsp3) is 1.00. The molecule has 0 aliphatic carbocycles. The molecular formula is C38H77ClO11. The van der Waals surface area contributed by atoms with Crippen LogP contribution in [0.1, 0.15) is 96.8 Å². The molecule has 12 heteroatoms. The first kappa shape index (κ1) is 49.9. The summed E-state index contributed by atoms with van der Waals surface area (Å²) in [6.45, 7) is 15.0. The molecule has 0 atom stereocenters. The smallest absolute Gasteiger partial charge is 0.0701 e. The number of unbranched alkanes of at least 4 members (excludes halogenated alkanes) is 12. The molecule has 0 spiro atoms. The summed E-state index contributed by atoms with van der Waals surface area (Å²) in [5.41, 5.74) is 0. The number of hydrogen-bond donors (Lipinski definition) is 0. The third kappa shape index (κ3) is 47.8. The Bertz CT molecular complexity index is 533. The van der Waals surface area contributed by atoms with Crippen LogP contribution in [0.2, 0.25) is 0 Å². The molecule has 0 amide bonds. The van der Waals surface area contributed by atoms with Crippen LogP contribution in [0.5, 0.6) is 0 Å². The normalized spacial score (nSPS) is 11.6. The predicted octanol–water partition coefficient (Wildman–Crippen LogP) is 6.89. The first-order valence-electron chi connectivity index (χ1n) is 19.8. The Labute approximate surface area is 311 Å². The van der Waals surface area contributed by atoms with E-state index in [9.17, 15) is 0 Å². The predicted molar refractivity (Wildman–Crippen MR) is 200 cm³/mol. The SMILES string of the molecule is CCCCCCCCCCCCOCCOCCOCCOCCOCCOCCOCCOCCOCCOCCOCCCCCCCl. The molecule has 0 aromatic heterocycles. The zero-order valence-electron chi connectivity index (χ0n) is 32.0. The summed E-state index contributed by atoms with van der Waals surface area (Å²) >= 11 is 5.66. The van der Waals surface area contributed by atoms with E-state index in [4.69, 9.17) is 63.7 Å². The van der Waals surface area contributed by atoms with Crippen LogP contribution >= 0.6 is 11.6 Å². The monoisotopic (exact) mass is 745 g/mol. The fourth-order valence-electron chi connectivity index (χ4n) is 4.64. The molecule has 0 bridgehead atoms. The van der Waals surface area contributed by atoms with Crippen molar-refractivity contribution in [1.82, 2.24) is 0 Å². The quantitative estimate of drug-likeness (QED) is 0.0481. The molecule has 0 aliphatic heterocycles. The van der Waals surface area contributed by atoms with E-state index < -0.39 is 0 Å². The van der Waals surface area contributed by atoms with Gasteiger partial charge < -0.3 is 52.1 Å². The highest BCUT2D eigenvalue weighted by molar-refractivity contribution is 6.17. The molecule has 0 aromatic rings. The maximum absolute atomic E-state index is 5.66. The van der Waals surface area contributed by atoms with Crippen molar-refractivity contribution in [2.75, 3.05) is 151 Å². The van der Waals surface area contributed by atoms with Crippen LogP contribution in [0, 0.1) is 0 Å². The van der Waals surface area contributed by atoms with Gasteiger partial charge in [0.15, 0.2) is 0 Å². The molecule has 0 rings (SSSR count). The van der Waals surface area contributed by atoms with Gasteiger partial charge in [0.25, 0.3) is 0 Å². The third-order valence-corrected chi connectivity index (χ3v) is 7.80. The zero-order chi connectivity index (χ0) is 35.9. The summed E-state index contributed by atoms with van der Waals surface area (Å²) in [5, 5.41) is 0. The van der Waals surface area contributed by atoms with Gasteiger partial charge in [-0.15, -0.1) is 11.6 Å². The summed E-state index contributed by atoms with van der Waals surface area (Å²) in [6, 6.07) is 0. The van der Waals surface area contributed by atoms with Gasteiger partial charge in [-0.25, -0.2) is 0 Å². The minimum absolute atomic E-state index is 0.524. The molecule has 0 saturated heterocycles. The first-order valence-corrected chi connectivity index (χ1v) is 20.4. The lowest BCUT2D eigenvalue weighted by atomic mass is 10.1. The van der Waals surface area contributed by atoms with Crippen LogP contribution in [0.4, 0.5) is 0 Å². The van der Waals surface area contributed by atoms with E-state index in [0.29, 0.717) is 132 Å². The second kappa shape index (κ2) is 48.9. The largest absolute Gasteiger partial charge is 0.379 e. The Balaban J connectivity index is 3.04. The van der Waals surface area contributed by atoms with Crippen LogP contribution in [0.15, 0.2) is 0 Å². The summed E-state index contributed by atoms with van der Waals surface area (Å²) in [6.07, 6.45) is 17.9. The van der Waals surface area contributed by atoms with Crippen LogP contribution in [0.3, 0.4) is 0 Å². The lowest BCUT2D eigenvalue weighted by Crippen LogP contribution is -2.15. The Hall–Kier alpha value is -0.150. The van der Waals surface area contributed by atoms with Crippen LogP contribution in [-0.4, -0.2) is 151 Å². The molecule has 0 N–H and O–H groups in total. The average molecular weight is 745 g/mol. The molecule has 0 unspecified atom stereocenters. The number of hydrogen-bond acceptors (Lipinski definition) is 11.